The summed E-state index contributed by atoms with van der Waals surface area (Å²) in [7, 11) is 0. The highest BCUT2D eigenvalue weighted by Crippen LogP contribution is 2.19. The fourth-order valence-electron chi connectivity index (χ4n) is 9.64. The Kier molecular flexibility index (Phi) is 30.3. The van der Waals surface area contributed by atoms with Crippen molar-refractivity contribution < 1.29 is 93.5 Å². The number of nitrogens with one attached hydrogen (secondary N) is 11. The van der Waals surface area contributed by atoms with Gasteiger partial charge in [-0.05, 0) is 99.6 Å². The molecule has 1 heterocycles. The van der Waals surface area contributed by atoms with E-state index in [0.29, 0.717) is 11.1 Å². The normalized spacial score (nSPS) is 14.2. The third-order valence-electron chi connectivity index (χ3n) is 14.7. The van der Waals surface area contributed by atoms with Gasteiger partial charge in [0, 0.05) is 55.2 Å². The Bertz CT molecular complexity index is 3340. The third kappa shape index (κ3) is 26.3. The molecule has 94 heavy (non-hydrogen) atoms. The summed E-state index contributed by atoms with van der Waals surface area (Å²) >= 11 is 0. The van der Waals surface area contributed by atoms with Gasteiger partial charge >= 0.3 is 11.9 Å². The lowest BCUT2D eigenvalue weighted by molar-refractivity contribution is -0.459. The fraction of sp³-hybridized carbons (Fsp3) is 0.452. The number of nitrogens with two attached hydrogens (primary N) is 3. The van der Waals surface area contributed by atoms with Gasteiger partial charge in [-0.2, -0.15) is 0 Å². The number of para-hydroxylation sites is 1. The molecule has 510 valence electrons. The molecule has 32 heteroatoms. The number of phenolic OH excluding ortho intramolecular Hbond substituents is 1. The van der Waals surface area contributed by atoms with Crippen LogP contribution >= 0.6 is 0 Å². The molecule has 0 radical (unpaired) electrons. The Morgan fingerprint density at radius 2 is 0.947 bits per heavy atom. The van der Waals surface area contributed by atoms with Crippen molar-refractivity contribution in [1.82, 2.24) is 52.8 Å². The van der Waals surface area contributed by atoms with Crippen molar-refractivity contribution in [1.29, 1.82) is 0 Å². The number of quaternary nitrogens is 1. The van der Waals surface area contributed by atoms with Gasteiger partial charge in [0.1, 0.15) is 54.1 Å². The lowest BCUT2D eigenvalue weighted by Gasteiger charge is -2.28. The average molecular weight is 1310 g/mol. The number of amides is 10. The number of carboxylic acids is 3. The number of carbonyl (C=O) groups is 13. The van der Waals surface area contributed by atoms with Gasteiger partial charge in [0.2, 0.25) is 53.2 Å². The number of carboxylic acid groups (broad SMARTS) is 3. The summed E-state index contributed by atoms with van der Waals surface area (Å²) in [6, 6.07) is 6.07. The summed E-state index contributed by atoms with van der Waals surface area (Å²) in [5.74, 6) is -14.9. The minimum atomic E-state index is -1.72. The van der Waals surface area contributed by atoms with Gasteiger partial charge in [-0.25, -0.2) is 0 Å². The number of aromatic nitrogens is 1. The molecule has 4 aromatic rings. The summed E-state index contributed by atoms with van der Waals surface area (Å²) in [6.07, 6.45) is -2.22. The number of fused-ring (bicyclic) bond motifs is 1. The zero-order valence-corrected chi connectivity index (χ0v) is 52.6. The van der Waals surface area contributed by atoms with Crippen LogP contribution in [0.1, 0.15) is 102 Å². The van der Waals surface area contributed by atoms with Crippen LogP contribution in [-0.4, -0.2) is 165 Å². The predicted octanol–water partition coefficient (Wildman–Crippen LogP) is -7.49. The maximum Gasteiger partial charge on any atom is 0.338 e. The van der Waals surface area contributed by atoms with E-state index >= 15 is 0 Å². The number of carbonyl (C=O) groups excluding carboxylic acids is 12. The Balaban J connectivity index is 1.54. The molecule has 22 N–H and O–H groups in total. The SMILES string of the molecule is CC(C)C[C@H](NC(=O)[C@H](Cc1ccccc1)NC(=O)[C@H](CCC[NH+]=C(N)N)NC(=O)[C@H](CCC(N)=O)NC(=O)[C@H](Cc1ccc(O)cc1)NC(=O)[C@H](C)NC(=O)[C@H](C)NC(=O)[C@H](CCC(=O)[O-])NC(=O)[C@H](CCC(=O)O)NC(=O)[C@@H]([NH3+])Cc1c[nH]c2ccccc12)C(=O)[O-]. The molecular weight excluding hydrogens is 1230 g/mol. The van der Waals surface area contributed by atoms with Gasteiger partial charge in [-0.1, -0.05) is 74.5 Å². The van der Waals surface area contributed by atoms with Crippen LogP contribution in [0.3, 0.4) is 0 Å². The maximum atomic E-state index is 14.5. The molecule has 32 nitrogen and oxygen atoms in total. The first-order chi connectivity index (χ1) is 44.4. The molecule has 0 aliphatic carbocycles. The number of primary amides is 1. The highest BCUT2D eigenvalue weighted by Gasteiger charge is 2.35. The van der Waals surface area contributed by atoms with Crippen LogP contribution in [0.2, 0.25) is 0 Å². The average Bonchev–Trinajstić information content (AvgIpc) is 1.63. The van der Waals surface area contributed by atoms with E-state index in [1.807, 2.05) is 18.2 Å². The molecule has 4 rings (SSSR count). The maximum absolute atomic E-state index is 14.5. The van der Waals surface area contributed by atoms with Crippen LogP contribution in [0.15, 0.2) is 85.1 Å². The number of hydrogen-bond acceptors (Lipinski definition) is 16. The van der Waals surface area contributed by atoms with Gasteiger partial charge in [0.05, 0.1) is 18.6 Å². The number of phenols is 1. The van der Waals surface area contributed by atoms with Gasteiger partial charge in [0.25, 0.3) is 5.91 Å². The summed E-state index contributed by atoms with van der Waals surface area (Å²) < 4.78 is 0. The van der Waals surface area contributed by atoms with Gasteiger partial charge in [-0.3, -0.25) is 69.2 Å². The number of H-pyrrole nitrogens is 1. The molecule has 0 saturated heterocycles. The third-order valence-corrected chi connectivity index (χ3v) is 14.7. The smallest absolute Gasteiger partial charge is 0.338 e. The van der Waals surface area contributed by atoms with E-state index in [1.165, 1.54) is 38.1 Å². The van der Waals surface area contributed by atoms with Gasteiger partial charge < -0.3 is 94.3 Å². The van der Waals surface area contributed by atoms with Gasteiger partial charge in [-0.15, -0.1) is 0 Å². The molecule has 3 aromatic carbocycles. The number of guanidine groups is 1. The van der Waals surface area contributed by atoms with Crippen LogP contribution in [0.25, 0.3) is 10.9 Å². The lowest BCUT2D eigenvalue weighted by atomic mass is 10.0. The minimum Gasteiger partial charge on any atom is -0.550 e. The quantitative estimate of drug-likeness (QED) is 0.0112. The number of rotatable bonds is 40. The lowest BCUT2D eigenvalue weighted by Crippen LogP contribution is -2.78. The van der Waals surface area contributed by atoms with Crippen LogP contribution in [0.5, 0.6) is 5.75 Å². The van der Waals surface area contributed by atoms with Gasteiger partial charge in [0.15, 0.2) is 6.04 Å². The van der Waals surface area contributed by atoms with Crippen molar-refractivity contribution in [3.05, 3.63) is 102 Å². The van der Waals surface area contributed by atoms with Crippen molar-refractivity contribution in [3.8, 4) is 5.75 Å². The first-order valence-corrected chi connectivity index (χ1v) is 30.4. The van der Waals surface area contributed by atoms with E-state index in [0.717, 1.165) is 16.5 Å². The van der Waals surface area contributed by atoms with Crippen molar-refractivity contribution in [2.45, 2.75) is 165 Å². The second-order valence-corrected chi connectivity index (χ2v) is 23.0. The molecule has 1 aromatic heterocycles. The van der Waals surface area contributed by atoms with Crippen LogP contribution in [0.4, 0.5) is 0 Å². The molecule has 0 fully saturated rings. The van der Waals surface area contributed by atoms with Crippen LogP contribution in [0, 0.1) is 5.92 Å². The highest BCUT2D eigenvalue weighted by atomic mass is 16.4. The zero-order chi connectivity index (χ0) is 69.8. The molecule has 10 atom stereocenters. The molecule has 0 bridgehead atoms. The summed E-state index contributed by atoms with van der Waals surface area (Å²) in [5, 5.41) is 66.1. The van der Waals surface area contributed by atoms with E-state index in [2.05, 4.69) is 63.6 Å². The largest absolute Gasteiger partial charge is 0.550 e. The Labute approximate surface area is 540 Å². The standard InChI is InChI=1S/C62H85N15O17/c1-32(2)27-48(61(93)94)77-60(92)47(28-35-11-6-5-7-12-35)76-56(88)42(15-10-26-67-62(65)66)72-57(89)43(20-23-49(64)79)74-59(91)46(29-36-16-18-38(78)19-17-36)75-53(85)34(4)69-52(84)33(3)70-55(87)44(21-24-50(80)81)73-58(90)45(22-25-51(82)83)71-54(86)40(63)30-37-31-68-41-14-9-8-13-39(37)41/h5-9,11-14,16-19,31-34,40,42-48,68,78H,10,15,20-30,63H2,1-4H3,(H2,64,79)(H,69,84)(H,70,87)(H,71,86)(H,72,89)(H,73,90)(H,74,91)(H,75,85)(H,76,88)(H,77,92)(H,80,81)(H,82,83)(H,93,94)(H4,65,66,67)/t33-,34-,40-,42-,43-,44-,45-,46-,47-,48-/m0/s1. The number of aromatic amines is 1. The molecular formula is C62H85N15O17. The monoisotopic (exact) mass is 1310 g/mol. The summed E-state index contributed by atoms with van der Waals surface area (Å²) in [5.41, 5.74) is 23.0. The van der Waals surface area contributed by atoms with E-state index in [9.17, 15) is 82.8 Å². The zero-order valence-electron chi connectivity index (χ0n) is 52.6. The summed E-state index contributed by atoms with van der Waals surface area (Å²) in [4.78, 5) is 179. The van der Waals surface area contributed by atoms with Crippen LogP contribution < -0.4 is 86.0 Å². The van der Waals surface area contributed by atoms with Crippen molar-refractivity contribution in [2.24, 2.45) is 23.1 Å². The Hall–Kier alpha value is -10.7. The second-order valence-electron chi connectivity index (χ2n) is 23.0. The minimum absolute atomic E-state index is 0.00709. The molecule has 0 saturated carbocycles. The number of aliphatic carboxylic acids is 3. The second kappa shape index (κ2) is 37.6. The molecule has 10 amide bonds. The van der Waals surface area contributed by atoms with E-state index in [-0.39, 0.29) is 62.7 Å². The topological polar surface area (TPSA) is 552 Å². The predicted molar refractivity (Wildman–Crippen MR) is 332 cm³/mol. The summed E-state index contributed by atoms with van der Waals surface area (Å²) in [6.45, 7) is 5.92. The number of benzene rings is 3. The van der Waals surface area contributed by atoms with E-state index in [4.69, 9.17) is 17.2 Å². The first-order valence-electron chi connectivity index (χ1n) is 30.4. The highest BCUT2D eigenvalue weighted by molar-refractivity contribution is 5.99. The van der Waals surface area contributed by atoms with Crippen LogP contribution in [-0.2, 0) is 81.6 Å². The first kappa shape index (κ1) is 75.8. The molecule has 0 spiro atoms. The van der Waals surface area contributed by atoms with Crippen molar-refractivity contribution >= 4 is 93.8 Å². The van der Waals surface area contributed by atoms with E-state index < -0.39 is 176 Å². The number of aromatic hydroxyl groups is 1. The van der Waals surface area contributed by atoms with Crippen molar-refractivity contribution in [2.75, 3.05) is 6.54 Å². The Morgan fingerprint density at radius 1 is 0.511 bits per heavy atom. The molecule has 0 unspecified atom stereocenters. The number of hydrogen-bond donors (Lipinski definition) is 17. The Morgan fingerprint density at radius 3 is 1.47 bits per heavy atom. The van der Waals surface area contributed by atoms with Crippen molar-refractivity contribution in [3.63, 3.8) is 0 Å². The molecule has 0 aliphatic rings. The fourth-order valence-corrected chi connectivity index (χ4v) is 9.64. The van der Waals surface area contributed by atoms with E-state index in [1.54, 1.807) is 56.4 Å². The molecule has 0 aliphatic heterocycles.